The van der Waals surface area contributed by atoms with Crippen molar-refractivity contribution in [2.45, 2.75) is 45.2 Å². The third-order valence-corrected chi connectivity index (χ3v) is 3.25. The van der Waals surface area contributed by atoms with Crippen molar-refractivity contribution in [2.75, 3.05) is 12.4 Å². The minimum absolute atomic E-state index is 0.422. The molecule has 0 bridgehead atoms. The Morgan fingerprint density at radius 3 is 2.81 bits per heavy atom. The van der Waals surface area contributed by atoms with E-state index in [0.29, 0.717) is 24.5 Å². The fourth-order valence-electron chi connectivity index (χ4n) is 2.30. The van der Waals surface area contributed by atoms with Crippen LogP contribution in [0.15, 0.2) is 4.42 Å². The number of hydrogen-bond donors (Lipinski definition) is 2. The smallest absolute Gasteiger partial charge is 0.315 e. The van der Waals surface area contributed by atoms with Crippen molar-refractivity contribution >= 4 is 6.01 Å². The summed E-state index contributed by atoms with van der Waals surface area (Å²) in [5, 5.41) is 14.2. The Balaban J connectivity index is 1.87. The van der Waals surface area contributed by atoms with Gasteiger partial charge in [-0.05, 0) is 32.7 Å². The number of rotatable bonds is 5. The molecular formula is C11H20N4O. The predicted molar refractivity (Wildman–Crippen MR) is 62.1 cm³/mol. The first kappa shape index (κ1) is 11.4. The van der Waals surface area contributed by atoms with E-state index in [9.17, 15) is 0 Å². The molecule has 0 aliphatic heterocycles. The van der Waals surface area contributed by atoms with Crippen LogP contribution in [0.25, 0.3) is 0 Å². The second-order valence-corrected chi connectivity index (χ2v) is 4.51. The molecular weight excluding hydrogens is 204 g/mol. The van der Waals surface area contributed by atoms with Crippen molar-refractivity contribution in [3.8, 4) is 0 Å². The lowest BCUT2D eigenvalue weighted by molar-refractivity contribution is 0.448. The summed E-state index contributed by atoms with van der Waals surface area (Å²) >= 11 is 0. The van der Waals surface area contributed by atoms with Gasteiger partial charge < -0.3 is 15.1 Å². The predicted octanol–water partition coefficient (Wildman–Crippen LogP) is 1.78. The molecule has 1 heterocycles. The van der Waals surface area contributed by atoms with Crippen molar-refractivity contribution in [3.05, 3.63) is 5.89 Å². The van der Waals surface area contributed by atoms with Gasteiger partial charge in [-0.15, -0.1) is 5.10 Å². The standard InChI is InChI=1S/C11H20N4O/c1-8(9-5-3-4-6-9)13-11-15-14-10(16-11)7-12-2/h8-9,12H,3-7H2,1-2H3,(H,13,15). The van der Waals surface area contributed by atoms with E-state index in [-0.39, 0.29) is 0 Å². The summed E-state index contributed by atoms with van der Waals surface area (Å²) in [4.78, 5) is 0. The summed E-state index contributed by atoms with van der Waals surface area (Å²) in [6.07, 6.45) is 5.33. The van der Waals surface area contributed by atoms with Crippen LogP contribution in [0.5, 0.6) is 0 Å². The van der Waals surface area contributed by atoms with Gasteiger partial charge in [-0.2, -0.15) is 0 Å². The van der Waals surface area contributed by atoms with Gasteiger partial charge in [-0.3, -0.25) is 0 Å². The molecule has 0 radical (unpaired) electrons. The molecule has 5 nitrogen and oxygen atoms in total. The maximum Gasteiger partial charge on any atom is 0.315 e. The average Bonchev–Trinajstić information content (AvgIpc) is 2.89. The lowest BCUT2D eigenvalue weighted by Crippen LogP contribution is -2.23. The molecule has 16 heavy (non-hydrogen) atoms. The molecule has 0 amide bonds. The summed E-state index contributed by atoms with van der Waals surface area (Å²) in [6, 6.07) is 0.968. The van der Waals surface area contributed by atoms with Crippen LogP contribution in [0.1, 0.15) is 38.5 Å². The van der Waals surface area contributed by atoms with Crippen LogP contribution in [-0.2, 0) is 6.54 Å². The molecule has 1 aliphatic carbocycles. The zero-order valence-electron chi connectivity index (χ0n) is 9.99. The van der Waals surface area contributed by atoms with Gasteiger partial charge in [-0.25, -0.2) is 0 Å². The van der Waals surface area contributed by atoms with Gasteiger partial charge in [0.05, 0.1) is 6.54 Å². The van der Waals surface area contributed by atoms with Gasteiger partial charge in [0.15, 0.2) is 0 Å². The highest BCUT2D eigenvalue weighted by molar-refractivity contribution is 5.19. The maximum absolute atomic E-state index is 5.46. The molecule has 5 heteroatoms. The van der Waals surface area contributed by atoms with Crippen LogP contribution in [0.4, 0.5) is 6.01 Å². The van der Waals surface area contributed by atoms with Crippen LogP contribution < -0.4 is 10.6 Å². The van der Waals surface area contributed by atoms with Gasteiger partial charge in [0, 0.05) is 6.04 Å². The first-order valence-electron chi connectivity index (χ1n) is 6.03. The molecule has 1 atom stereocenters. The van der Waals surface area contributed by atoms with Gasteiger partial charge in [0.1, 0.15) is 0 Å². The van der Waals surface area contributed by atoms with E-state index < -0.39 is 0 Å². The molecule has 1 aliphatic rings. The molecule has 2 rings (SSSR count). The minimum atomic E-state index is 0.422. The Labute approximate surface area is 96.0 Å². The third-order valence-electron chi connectivity index (χ3n) is 3.25. The van der Waals surface area contributed by atoms with E-state index in [2.05, 4.69) is 27.8 Å². The number of nitrogens with zero attached hydrogens (tertiary/aromatic N) is 2. The Morgan fingerprint density at radius 2 is 2.12 bits per heavy atom. The number of nitrogens with one attached hydrogen (secondary N) is 2. The molecule has 2 N–H and O–H groups in total. The SMILES string of the molecule is CNCc1nnc(NC(C)C2CCCC2)o1. The third kappa shape index (κ3) is 2.72. The number of aromatic nitrogens is 2. The molecule has 0 saturated heterocycles. The largest absolute Gasteiger partial charge is 0.407 e. The first-order chi connectivity index (χ1) is 7.79. The summed E-state index contributed by atoms with van der Waals surface area (Å²) in [5.74, 6) is 1.38. The fraction of sp³-hybridized carbons (Fsp3) is 0.818. The summed E-state index contributed by atoms with van der Waals surface area (Å²) in [6.45, 7) is 2.81. The van der Waals surface area contributed by atoms with Crippen LogP contribution >= 0.6 is 0 Å². The van der Waals surface area contributed by atoms with Crippen molar-refractivity contribution in [1.82, 2.24) is 15.5 Å². The Bertz CT molecular complexity index is 320. The van der Waals surface area contributed by atoms with E-state index in [1.807, 2.05) is 7.05 Å². The van der Waals surface area contributed by atoms with E-state index in [4.69, 9.17) is 4.42 Å². The molecule has 0 aromatic carbocycles. The molecule has 90 valence electrons. The zero-order chi connectivity index (χ0) is 11.4. The summed E-state index contributed by atoms with van der Waals surface area (Å²) in [7, 11) is 1.86. The van der Waals surface area contributed by atoms with Crippen molar-refractivity contribution < 1.29 is 4.42 Å². The van der Waals surface area contributed by atoms with Crippen molar-refractivity contribution in [3.63, 3.8) is 0 Å². The molecule has 1 aromatic heterocycles. The highest BCUT2D eigenvalue weighted by Crippen LogP contribution is 2.28. The van der Waals surface area contributed by atoms with E-state index in [1.54, 1.807) is 0 Å². The normalized spacial score (nSPS) is 18.9. The monoisotopic (exact) mass is 224 g/mol. The number of anilines is 1. The fourth-order valence-corrected chi connectivity index (χ4v) is 2.30. The van der Waals surface area contributed by atoms with E-state index in [1.165, 1.54) is 25.7 Å². The quantitative estimate of drug-likeness (QED) is 0.798. The topological polar surface area (TPSA) is 63.0 Å². The average molecular weight is 224 g/mol. The molecule has 0 spiro atoms. The lowest BCUT2D eigenvalue weighted by atomic mass is 10.0. The van der Waals surface area contributed by atoms with Crippen LogP contribution in [0.2, 0.25) is 0 Å². The Morgan fingerprint density at radius 1 is 1.38 bits per heavy atom. The summed E-state index contributed by atoms with van der Waals surface area (Å²) < 4.78 is 5.46. The van der Waals surface area contributed by atoms with Gasteiger partial charge in [0.25, 0.3) is 0 Å². The van der Waals surface area contributed by atoms with Crippen molar-refractivity contribution in [1.29, 1.82) is 0 Å². The van der Waals surface area contributed by atoms with Gasteiger partial charge >= 0.3 is 6.01 Å². The second kappa shape index (κ2) is 5.30. The lowest BCUT2D eigenvalue weighted by Gasteiger charge is -2.18. The van der Waals surface area contributed by atoms with Gasteiger partial charge in [0.2, 0.25) is 5.89 Å². The first-order valence-corrected chi connectivity index (χ1v) is 6.03. The molecule has 1 unspecified atom stereocenters. The molecule has 1 saturated carbocycles. The molecule has 1 aromatic rings. The summed E-state index contributed by atoms with van der Waals surface area (Å²) in [5.41, 5.74) is 0. The highest BCUT2D eigenvalue weighted by atomic mass is 16.4. The zero-order valence-corrected chi connectivity index (χ0v) is 9.99. The Hall–Kier alpha value is -1.10. The van der Waals surface area contributed by atoms with E-state index in [0.717, 1.165) is 5.92 Å². The van der Waals surface area contributed by atoms with E-state index >= 15 is 0 Å². The van der Waals surface area contributed by atoms with Crippen molar-refractivity contribution in [2.24, 2.45) is 5.92 Å². The van der Waals surface area contributed by atoms with Gasteiger partial charge in [-0.1, -0.05) is 17.9 Å². The minimum Gasteiger partial charge on any atom is -0.407 e. The number of hydrogen-bond acceptors (Lipinski definition) is 5. The second-order valence-electron chi connectivity index (χ2n) is 4.51. The highest BCUT2D eigenvalue weighted by Gasteiger charge is 2.22. The van der Waals surface area contributed by atoms with Crippen LogP contribution in [0, 0.1) is 5.92 Å². The van der Waals surface area contributed by atoms with Crippen LogP contribution in [-0.4, -0.2) is 23.3 Å². The Kier molecular flexibility index (Phi) is 3.77. The maximum atomic E-state index is 5.46. The molecule has 1 fully saturated rings. The van der Waals surface area contributed by atoms with Crippen LogP contribution in [0.3, 0.4) is 0 Å².